The molecule has 1 N–H and O–H groups in total. The second kappa shape index (κ2) is 6.62. The minimum absolute atomic E-state index is 0.182. The molecule has 2 aromatic carbocycles. The molecule has 0 heterocycles. The molecule has 0 saturated heterocycles. The van der Waals surface area contributed by atoms with Gasteiger partial charge in [0.1, 0.15) is 11.6 Å². The quantitative estimate of drug-likeness (QED) is 0.846. The fourth-order valence-corrected chi connectivity index (χ4v) is 2.25. The molecule has 1 nitrogen and oxygen atoms in total. The van der Waals surface area contributed by atoms with Crippen LogP contribution in [-0.2, 0) is 6.54 Å². The molecule has 0 aliphatic rings. The first kappa shape index (κ1) is 14.7. The molecule has 2 rings (SSSR count). The third kappa shape index (κ3) is 3.87. The molecule has 0 amide bonds. The maximum atomic E-state index is 13.1. The zero-order chi connectivity index (χ0) is 14.5. The highest BCUT2D eigenvalue weighted by molar-refractivity contribution is 5.24. The minimum Gasteiger partial charge on any atom is -0.306 e. The number of halogens is 2. The summed E-state index contributed by atoms with van der Waals surface area (Å²) in [7, 11) is 0. The molecule has 3 heteroatoms. The molecule has 0 fully saturated rings. The summed E-state index contributed by atoms with van der Waals surface area (Å²) < 4.78 is 26.3. The van der Waals surface area contributed by atoms with E-state index in [1.54, 1.807) is 0 Å². The van der Waals surface area contributed by atoms with Crippen molar-refractivity contribution in [1.29, 1.82) is 0 Å². The monoisotopic (exact) mass is 275 g/mol. The molecule has 0 aliphatic carbocycles. The summed E-state index contributed by atoms with van der Waals surface area (Å²) in [6.07, 6.45) is 0.918. The van der Waals surface area contributed by atoms with Gasteiger partial charge in [0.25, 0.3) is 0 Å². The molecular formula is C17H19F2N. The molecule has 0 spiro atoms. The van der Waals surface area contributed by atoms with Gasteiger partial charge < -0.3 is 5.32 Å². The number of nitrogens with one attached hydrogen (secondary N) is 1. The van der Waals surface area contributed by atoms with Crippen molar-refractivity contribution in [1.82, 2.24) is 5.32 Å². The van der Waals surface area contributed by atoms with E-state index in [1.807, 2.05) is 6.92 Å². The lowest BCUT2D eigenvalue weighted by molar-refractivity contribution is 0.513. The van der Waals surface area contributed by atoms with Crippen LogP contribution in [0, 0.1) is 18.6 Å². The Hall–Kier alpha value is -1.74. The Labute approximate surface area is 118 Å². The first-order valence-corrected chi connectivity index (χ1v) is 6.83. The van der Waals surface area contributed by atoms with Crippen LogP contribution in [0.1, 0.15) is 36.1 Å². The van der Waals surface area contributed by atoms with Crippen LogP contribution in [0.2, 0.25) is 0 Å². The molecule has 0 aliphatic heterocycles. The van der Waals surface area contributed by atoms with Crippen molar-refractivity contribution < 1.29 is 8.78 Å². The summed E-state index contributed by atoms with van der Waals surface area (Å²) in [5.41, 5.74) is 3.03. The van der Waals surface area contributed by atoms with E-state index in [2.05, 4.69) is 36.5 Å². The highest BCUT2D eigenvalue weighted by Crippen LogP contribution is 2.18. The molecule has 20 heavy (non-hydrogen) atoms. The van der Waals surface area contributed by atoms with Crippen LogP contribution < -0.4 is 5.32 Å². The van der Waals surface area contributed by atoms with E-state index in [0.29, 0.717) is 12.1 Å². The van der Waals surface area contributed by atoms with Crippen LogP contribution in [0.5, 0.6) is 0 Å². The van der Waals surface area contributed by atoms with Gasteiger partial charge in [-0.2, -0.15) is 0 Å². The van der Waals surface area contributed by atoms with Crippen LogP contribution in [0.25, 0.3) is 0 Å². The van der Waals surface area contributed by atoms with Crippen LogP contribution >= 0.6 is 0 Å². The zero-order valence-corrected chi connectivity index (χ0v) is 11.8. The third-order valence-electron chi connectivity index (χ3n) is 3.36. The van der Waals surface area contributed by atoms with E-state index in [0.717, 1.165) is 12.5 Å². The van der Waals surface area contributed by atoms with Gasteiger partial charge in [0, 0.05) is 18.7 Å². The summed E-state index contributed by atoms with van der Waals surface area (Å²) in [6, 6.07) is 12.1. The predicted octanol–water partition coefficient (Wildman–Crippen LogP) is 4.51. The van der Waals surface area contributed by atoms with Crippen LogP contribution in [0.4, 0.5) is 8.78 Å². The second-order valence-electron chi connectivity index (χ2n) is 5.03. The summed E-state index contributed by atoms with van der Waals surface area (Å²) in [5.74, 6) is -1.07. The molecule has 106 valence electrons. The first-order chi connectivity index (χ1) is 9.58. The van der Waals surface area contributed by atoms with Crippen molar-refractivity contribution >= 4 is 0 Å². The van der Waals surface area contributed by atoms with Gasteiger partial charge in [-0.3, -0.25) is 0 Å². The second-order valence-corrected chi connectivity index (χ2v) is 5.03. The van der Waals surface area contributed by atoms with E-state index in [1.165, 1.54) is 23.3 Å². The lowest BCUT2D eigenvalue weighted by Crippen LogP contribution is -2.20. The van der Waals surface area contributed by atoms with Gasteiger partial charge in [0.15, 0.2) is 0 Å². The average Bonchev–Trinajstić information content (AvgIpc) is 2.40. The summed E-state index contributed by atoms with van der Waals surface area (Å²) in [6.45, 7) is 4.58. The van der Waals surface area contributed by atoms with Crippen LogP contribution in [0.3, 0.4) is 0 Å². The Balaban J connectivity index is 2.05. The molecule has 0 aromatic heterocycles. The Kier molecular flexibility index (Phi) is 4.85. The van der Waals surface area contributed by atoms with Gasteiger partial charge in [0.05, 0.1) is 0 Å². The van der Waals surface area contributed by atoms with Crippen molar-refractivity contribution in [3.63, 3.8) is 0 Å². The number of hydrogen-bond donors (Lipinski definition) is 1. The Bertz CT molecular complexity index is 543. The Morgan fingerprint density at radius 3 is 2.15 bits per heavy atom. The standard InChI is InChI=1S/C17H19F2N/c1-3-17(14-6-4-12(2)5-7-14)20-11-13-8-15(18)10-16(19)9-13/h4-10,17,20H,3,11H2,1-2H3. The topological polar surface area (TPSA) is 12.0 Å². The van der Waals surface area contributed by atoms with Gasteiger partial charge in [-0.15, -0.1) is 0 Å². The molecular weight excluding hydrogens is 256 g/mol. The van der Waals surface area contributed by atoms with E-state index >= 15 is 0 Å². The minimum atomic E-state index is -0.537. The largest absolute Gasteiger partial charge is 0.306 e. The highest BCUT2D eigenvalue weighted by Gasteiger charge is 2.09. The van der Waals surface area contributed by atoms with E-state index < -0.39 is 11.6 Å². The van der Waals surface area contributed by atoms with Crippen LogP contribution in [-0.4, -0.2) is 0 Å². The Morgan fingerprint density at radius 2 is 1.60 bits per heavy atom. The number of aryl methyl sites for hydroxylation is 1. The molecule has 1 unspecified atom stereocenters. The number of hydrogen-bond acceptors (Lipinski definition) is 1. The normalized spacial score (nSPS) is 12.4. The maximum Gasteiger partial charge on any atom is 0.126 e. The third-order valence-corrected chi connectivity index (χ3v) is 3.36. The SMILES string of the molecule is CCC(NCc1cc(F)cc(F)c1)c1ccc(C)cc1. The molecule has 0 saturated carbocycles. The first-order valence-electron chi connectivity index (χ1n) is 6.83. The van der Waals surface area contributed by atoms with Gasteiger partial charge >= 0.3 is 0 Å². The summed E-state index contributed by atoms with van der Waals surface area (Å²) >= 11 is 0. The van der Waals surface area contributed by atoms with Gasteiger partial charge in [-0.05, 0) is 36.6 Å². The van der Waals surface area contributed by atoms with Gasteiger partial charge in [-0.25, -0.2) is 8.78 Å². The van der Waals surface area contributed by atoms with Gasteiger partial charge in [0.2, 0.25) is 0 Å². The lowest BCUT2D eigenvalue weighted by atomic mass is 10.0. The highest BCUT2D eigenvalue weighted by atomic mass is 19.1. The number of rotatable bonds is 5. The van der Waals surface area contributed by atoms with Gasteiger partial charge in [-0.1, -0.05) is 36.8 Å². The fourth-order valence-electron chi connectivity index (χ4n) is 2.25. The molecule has 0 bridgehead atoms. The van der Waals surface area contributed by atoms with E-state index in [4.69, 9.17) is 0 Å². The predicted molar refractivity (Wildman–Crippen MR) is 77.4 cm³/mol. The molecule has 2 aromatic rings. The van der Waals surface area contributed by atoms with Crippen molar-refractivity contribution in [3.8, 4) is 0 Å². The average molecular weight is 275 g/mol. The van der Waals surface area contributed by atoms with Crippen molar-refractivity contribution in [2.45, 2.75) is 32.9 Å². The van der Waals surface area contributed by atoms with E-state index in [-0.39, 0.29) is 6.04 Å². The molecule has 0 radical (unpaired) electrons. The van der Waals surface area contributed by atoms with Crippen LogP contribution in [0.15, 0.2) is 42.5 Å². The fraction of sp³-hybridized carbons (Fsp3) is 0.294. The molecule has 1 atom stereocenters. The smallest absolute Gasteiger partial charge is 0.126 e. The lowest BCUT2D eigenvalue weighted by Gasteiger charge is -2.18. The summed E-state index contributed by atoms with van der Waals surface area (Å²) in [4.78, 5) is 0. The number of benzene rings is 2. The van der Waals surface area contributed by atoms with Crippen molar-refractivity contribution in [3.05, 3.63) is 70.8 Å². The summed E-state index contributed by atoms with van der Waals surface area (Å²) in [5, 5.41) is 3.34. The maximum absolute atomic E-state index is 13.1. The van der Waals surface area contributed by atoms with Crippen molar-refractivity contribution in [2.24, 2.45) is 0 Å². The zero-order valence-electron chi connectivity index (χ0n) is 11.8. The Morgan fingerprint density at radius 1 is 1.00 bits per heavy atom. The van der Waals surface area contributed by atoms with E-state index in [9.17, 15) is 8.78 Å². The van der Waals surface area contributed by atoms with Crippen molar-refractivity contribution in [2.75, 3.05) is 0 Å².